The van der Waals surface area contributed by atoms with E-state index in [2.05, 4.69) is 14.3 Å². The number of carbonyl (C=O) groups excluding carboxylic acids is 1. The van der Waals surface area contributed by atoms with Crippen molar-refractivity contribution in [1.82, 2.24) is 9.97 Å². The number of rotatable bonds is 6. The smallest absolute Gasteiger partial charge is 0.184 e. The lowest BCUT2D eigenvalue weighted by atomic mass is 10.0. The maximum atomic E-state index is 13.1. The SMILES string of the molecule is O=C(c1cc2ccc(OCc3ccccc3)cc2[nH]1)C1CSN(c2cccnc2)C1. The van der Waals surface area contributed by atoms with E-state index < -0.39 is 0 Å². The molecule has 0 amide bonds. The summed E-state index contributed by atoms with van der Waals surface area (Å²) in [6, 6.07) is 21.9. The lowest BCUT2D eigenvalue weighted by Crippen LogP contribution is -2.22. The number of nitrogens with zero attached hydrogens (tertiary/aromatic N) is 2. The molecular weight excluding hydrogens is 394 g/mol. The summed E-state index contributed by atoms with van der Waals surface area (Å²) in [4.78, 5) is 20.5. The number of aromatic amines is 1. The molecule has 1 saturated heterocycles. The number of nitrogens with one attached hydrogen (secondary N) is 1. The van der Waals surface area contributed by atoms with E-state index in [1.54, 1.807) is 18.1 Å². The molecule has 0 aliphatic carbocycles. The minimum absolute atomic E-state index is 0.0444. The quantitative estimate of drug-likeness (QED) is 0.350. The van der Waals surface area contributed by atoms with E-state index in [0.29, 0.717) is 18.8 Å². The Morgan fingerprint density at radius 2 is 2.03 bits per heavy atom. The van der Waals surface area contributed by atoms with Gasteiger partial charge in [-0.3, -0.25) is 9.78 Å². The Hall–Kier alpha value is -3.25. The average Bonchev–Trinajstić information content (AvgIpc) is 3.46. The Bertz CT molecular complexity index is 1160. The van der Waals surface area contributed by atoms with Crippen molar-refractivity contribution in [3.8, 4) is 5.75 Å². The first-order chi connectivity index (χ1) is 14.8. The second-order valence-electron chi connectivity index (χ2n) is 7.34. The van der Waals surface area contributed by atoms with Crippen LogP contribution in [0.2, 0.25) is 0 Å². The van der Waals surface area contributed by atoms with E-state index in [-0.39, 0.29) is 11.7 Å². The van der Waals surface area contributed by atoms with Crippen LogP contribution in [0, 0.1) is 5.92 Å². The van der Waals surface area contributed by atoms with Crippen molar-refractivity contribution in [2.45, 2.75) is 6.61 Å². The van der Waals surface area contributed by atoms with Crippen LogP contribution < -0.4 is 9.04 Å². The monoisotopic (exact) mass is 415 g/mol. The van der Waals surface area contributed by atoms with Crippen molar-refractivity contribution < 1.29 is 9.53 Å². The highest BCUT2D eigenvalue weighted by Crippen LogP contribution is 2.33. The summed E-state index contributed by atoms with van der Waals surface area (Å²) < 4.78 is 8.06. The van der Waals surface area contributed by atoms with Crippen molar-refractivity contribution in [3.05, 3.63) is 90.4 Å². The number of anilines is 1. The van der Waals surface area contributed by atoms with Crippen LogP contribution in [0.3, 0.4) is 0 Å². The molecule has 0 spiro atoms. The molecule has 1 unspecified atom stereocenters. The van der Waals surface area contributed by atoms with E-state index in [4.69, 9.17) is 4.74 Å². The van der Waals surface area contributed by atoms with Gasteiger partial charge in [-0.2, -0.15) is 0 Å². The predicted molar refractivity (Wildman–Crippen MR) is 121 cm³/mol. The van der Waals surface area contributed by atoms with Gasteiger partial charge < -0.3 is 14.0 Å². The van der Waals surface area contributed by atoms with E-state index in [0.717, 1.165) is 33.7 Å². The summed E-state index contributed by atoms with van der Waals surface area (Å²) >= 11 is 1.68. The minimum Gasteiger partial charge on any atom is -0.489 e. The van der Waals surface area contributed by atoms with E-state index in [9.17, 15) is 4.79 Å². The Kier molecular flexibility index (Phi) is 5.15. The molecule has 30 heavy (non-hydrogen) atoms. The number of hydrogen-bond donors (Lipinski definition) is 1. The number of Topliss-reactive ketones (excluding diaryl/α,β-unsaturated/α-hetero) is 1. The lowest BCUT2D eigenvalue weighted by molar-refractivity contribution is 0.0936. The number of hydrogen-bond acceptors (Lipinski definition) is 5. The third-order valence-corrected chi connectivity index (χ3v) is 6.45. The number of H-pyrrole nitrogens is 1. The zero-order chi connectivity index (χ0) is 20.3. The molecule has 1 fully saturated rings. The first-order valence-electron chi connectivity index (χ1n) is 9.90. The van der Waals surface area contributed by atoms with Gasteiger partial charge in [0.2, 0.25) is 0 Å². The predicted octanol–water partition coefficient (Wildman–Crippen LogP) is 5.11. The van der Waals surface area contributed by atoms with Crippen LogP contribution in [0.4, 0.5) is 5.69 Å². The second-order valence-corrected chi connectivity index (χ2v) is 8.37. The van der Waals surface area contributed by atoms with Gasteiger partial charge in [-0.15, -0.1) is 0 Å². The third kappa shape index (κ3) is 3.91. The first kappa shape index (κ1) is 18.8. The number of ether oxygens (including phenoxy) is 1. The highest BCUT2D eigenvalue weighted by molar-refractivity contribution is 8.00. The molecule has 1 atom stereocenters. The average molecular weight is 416 g/mol. The molecule has 2 aromatic heterocycles. The van der Waals surface area contributed by atoms with Gasteiger partial charge in [0.15, 0.2) is 5.78 Å². The Morgan fingerprint density at radius 1 is 1.13 bits per heavy atom. The van der Waals surface area contributed by atoms with Crippen LogP contribution in [0.1, 0.15) is 16.1 Å². The number of ketones is 1. The topological polar surface area (TPSA) is 58.2 Å². The largest absolute Gasteiger partial charge is 0.489 e. The molecule has 0 saturated carbocycles. The molecule has 3 heterocycles. The molecule has 150 valence electrons. The van der Waals surface area contributed by atoms with Gasteiger partial charge >= 0.3 is 0 Å². The molecule has 4 aromatic rings. The molecule has 5 nitrogen and oxygen atoms in total. The molecule has 1 aliphatic rings. The highest BCUT2D eigenvalue weighted by atomic mass is 32.2. The number of carbonyl (C=O) groups is 1. The standard InChI is InChI=1S/C24H21N3O2S/c28-24(19-14-27(30-16-19)20-7-4-10-25-13-20)23-11-18-8-9-21(12-22(18)26-23)29-15-17-5-2-1-3-6-17/h1-13,19,26H,14-16H2. The number of pyridine rings is 1. The van der Waals surface area contributed by atoms with Crippen molar-refractivity contribution in [3.63, 3.8) is 0 Å². The van der Waals surface area contributed by atoms with Crippen LogP contribution in [-0.4, -0.2) is 28.0 Å². The van der Waals surface area contributed by atoms with Gasteiger partial charge in [0.05, 0.1) is 23.5 Å². The maximum absolute atomic E-state index is 13.1. The molecule has 6 heteroatoms. The molecule has 5 rings (SSSR count). The maximum Gasteiger partial charge on any atom is 0.184 e. The van der Waals surface area contributed by atoms with Gasteiger partial charge in [-0.25, -0.2) is 0 Å². The van der Waals surface area contributed by atoms with Crippen LogP contribution in [0.25, 0.3) is 10.9 Å². The summed E-state index contributed by atoms with van der Waals surface area (Å²) in [6.45, 7) is 1.21. The normalized spacial score (nSPS) is 16.1. The Balaban J connectivity index is 1.28. The fourth-order valence-electron chi connectivity index (χ4n) is 3.61. The summed E-state index contributed by atoms with van der Waals surface area (Å²) in [7, 11) is 0. The van der Waals surface area contributed by atoms with Gasteiger partial charge in [0.25, 0.3) is 0 Å². The zero-order valence-corrected chi connectivity index (χ0v) is 17.1. The Labute approximate surface area is 179 Å². The summed E-state index contributed by atoms with van der Waals surface area (Å²) in [5.41, 5.74) is 3.73. The summed E-state index contributed by atoms with van der Waals surface area (Å²) in [6.07, 6.45) is 3.59. The van der Waals surface area contributed by atoms with Crippen molar-refractivity contribution in [1.29, 1.82) is 0 Å². The van der Waals surface area contributed by atoms with E-state index in [1.165, 1.54) is 0 Å². The van der Waals surface area contributed by atoms with Gasteiger partial charge in [-0.05, 0) is 47.8 Å². The first-order valence-corrected chi connectivity index (χ1v) is 10.8. The van der Waals surface area contributed by atoms with E-state index in [1.807, 2.05) is 72.9 Å². The fourth-order valence-corrected chi connectivity index (χ4v) is 4.77. The molecule has 1 aliphatic heterocycles. The molecular formula is C24H21N3O2S. The number of aromatic nitrogens is 2. The van der Waals surface area contributed by atoms with Crippen LogP contribution in [0.5, 0.6) is 5.75 Å². The molecule has 0 radical (unpaired) electrons. The number of fused-ring (bicyclic) bond motifs is 1. The van der Waals surface area contributed by atoms with Crippen LogP contribution >= 0.6 is 11.9 Å². The minimum atomic E-state index is -0.0444. The Morgan fingerprint density at radius 3 is 2.87 bits per heavy atom. The van der Waals surface area contributed by atoms with Crippen LogP contribution in [0.15, 0.2) is 79.1 Å². The van der Waals surface area contributed by atoms with Gasteiger partial charge in [0.1, 0.15) is 12.4 Å². The van der Waals surface area contributed by atoms with Crippen molar-refractivity contribution in [2.75, 3.05) is 16.6 Å². The zero-order valence-electron chi connectivity index (χ0n) is 16.3. The lowest BCUT2D eigenvalue weighted by Gasteiger charge is -2.15. The fraction of sp³-hybridized carbons (Fsp3) is 0.167. The third-order valence-electron chi connectivity index (χ3n) is 5.23. The summed E-state index contributed by atoms with van der Waals surface area (Å²) in [5.74, 6) is 1.66. The van der Waals surface area contributed by atoms with Gasteiger partial charge in [-0.1, -0.05) is 30.3 Å². The molecule has 2 aromatic carbocycles. The number of benzene rings is 2. The highest BCUT2D eigenvalue weighted by Gasteiger charge is 2.31. The van der Waals surface area contributed by atoms with E-state index >= 15 is 0 Å². The van der Waals surface area contributed by atoms with Crippen molar-refractivity contribution >= 4 is 34.3 Å². The molecule has 0 bridgehead atoms. The summed E-state index contributed by atoms with van der Waals surface area (Å²) in [5, 5.41) is 1.01. The van der Waals surface area contributed by atoms with Gasteiger partial charge in [0, 0.05) is 35.5 Å². The molecule has 1 N–H and O–H groups in total. The van der Waals surface area contributed by atoms with Crippen LogP contribution in [-0.2, 0) is 6.61 Å². The van der Waals surface area contributed by atoms with Crippen molar-refractivity contribution in [2.24, 2.45) is 5.92 Å². The second kappa shape index (κ2) is 8.24.